The molecular weight excluding hydrogens is 288 g/mol. The van der Waals surface area contributed by atoms with Gasteiger partial charge >= 0.3 is 0 Å². The predicted octanol–water partition coefficient (Wildman–Crippen LogP) is 3.22. The minimum absolute atomic E-state index is 0.0380. The Morgan fingerprint density at radius 3 is 2.17 bits per heavy atom. The highest BCUT2D eigenvalue weighted by molar-refractivity contribution is 6.04. The number of hydrogen-bond acceptors (Lipinski definition) is 2. The van der Waals surface area contributed by atoms with Crippen molar-refractivity contribution in [2.24, 2.45) is 0 Å². The van der Waals surface area contributed by atoms with Gasteiger partial charge in [0.25, 0.3) is 5.91 Å². The minimum Gasteiger partial charge on any atom is -0.321 e. The summed E-state index contributed by atoms with van der Waals surface area (Å²) in [5, 5.41) is 0. The molecule has 1 aliphatic heterocycles. The summed E-state index contributed by atoms with van der Waals surface area (Å²) in [6.45, 7) is 11.6. The van der Waals surface area contributed by atoms with E-state index in [1.54, 1.807) is 0 Å². The van der Waals surface area contributed by atoms with Crippen molar-refractivity contribution in [2.45, 2.75) is 46.6 Å². The van der Waals surface area contributed by atoms with Crippen LogP contribution in [0.3, 0.4) is 0 Å². The van der Waals surface area contributed by atoms with Gasteiger partial charge in [-0.3, -0.25) is 14.5 Å². The van der Waals surface area contributed by atoms with Crippen molar-refractivity contribution < 1.29 is 14.1 Å². The van der Waals surface area contributed by atoms with Crippen LogP contribution in [0, 0.1) is 0 Å². The Balaban J connectivity index is 2.10. The molecule has 0 atom stereocenters. The molecule has 2 rings (SSSR count). The number of likely N-dealkylation sites (tertiary alicyclic amines) is 1. The highest BCUT2D eigenvalue weighted by Crippen LogP contribution is 2.18. The van der Waals surface area contributed by atoms with Crippen molar-refractivity contribution >= 4 is 11.8 Å². The maximum absolute atomic E-state index is 12.5. The lowest BCUT2D eigenvalue weighted by molar-refractivity contribution is -0.936. The Hall–Kier alpha value is -1.68. The van der Waals surface area contributed by atoms with Crippen molar-refractivity contribution in [1.82, 2.24) is 4.90 Å². The number of benzene rings is 1. The fourth-order valence-electron chi connectivity index (χ4n) is 3.32. The molecule has 1 heterocycles. The van der Waals surface area contributed by atoms with Gasteiger partial charge in [0.05, 0.1) is 19.6 Å². The first kappa shape index (κ1) is 17.7. The van der Waals surface area contributed by atoms with Crippen LogP contribution in [0.4, 0.5) is 0 Å². The van der Waals surface area contributed by atoms with Gasteiger partial charge in [0.1, 0.15) is 6.54 Å². The van der Waals surface area contributed by atoms with E-state index in [0.717, 1.165) is 43.5 Å². The molecule has 126 valence electrons. The molecule has 0 unspecified atom stereocenters. The van der Waals surface area contributed by atoms with E-state index in [2.05, 4.69) is 20.8 Å². The molecule has 4 nitrogen and oxygen atoms in total. The number of carbonyl (C=O) groups is 2. The summed E-state index contributed by atoms with van der Waals surface area (Å²) in [5.74, 6) is -0.188. The van der Waals surface area contributed by atoms with Crippen LogP contribution < -0.4 is 0 Å². The number of imide groups is 1. The van der Waals surface area contributed by atoms with Crippen LogP contribution in [0.15, 0.2) is 24.3 Å². The molecule has 0 radical (unpaired) electrons. The molecule has 1 aromatic rings. The standard InChI is InChI=1S/C19H29N2O2/c1-4-21(5-2,6-3)15-16-10-12-17(13-11-16)19(23)20-14-8-7-9-18(20)22/h10-13H,4-9,14-15H2,1-3H3/q+1. The average Bonchev–Trinajstić information content (AvgIpc) is 2.60. The molecule has 2 amide bonds. The minimum atomic E-state index is -0.150. The van der Waals surface area contributed by atoms with Gasteiger partial charge in [-0.05, 0) is 45.7 Å². The largest absolute Gasteiger partial charge is 0.321 e. The molecule has 23 heavy (non-hydrogen) atoms. The van der Waals surface area contributed by atoms with Gasteiger partial charge in [0, 0.05) is 24.1 Å². The fourth-order valence-corrected chi connectivity index (χ4v) is 3.32. The highest BCUT2D eigenvalue weighted by atomic mass is 16.2. The van der Waals surface area contributed by atoms with Gasteiger partial charge in [-0.2, -0.15) is 0 Å². The number of nitrogens with zero attached hydrogens (tertiary/aromatic N) is 2. The van der Waals surface area contributed by atoms with E-state index >= 15 is 0 Å². The number of piperidine rings is 1. The van der Waals surface area contributed by atoms with Crippen molar-refractivity contribution in [3.05, 3.63) is 35.4 Å². The summed E-state index contributed by atoms with van der Waals surface area (Å²) >= 11 is 0. The Morgan fingerprint density at radius 1 is 1.04 bits per heavy atom. The summed E-state index contributed by atoms with van der Waals surface area (Å²) in [4.78, 5) is 25.8. The van der Waals surface area contributed by atoms with Gasteiger partial charge in [0.2, 0.25) is 5.91 Å². The maximum atomic E-state index is 12.5. The second-order valence-electron chi connectivity index (χ2n) is 6.45. The number of amides is 2. The molecular formula is C19H29N2O2+. The van der Waals surface area contributed by atoms with Gasteiger partial charge < -0.3 is 4.48 Å². The van der Waals surface area contributed by atoms with Crippen molar-refractivity contribution in [3.63, 3.8) is 0 Å². The lowest BCUT2D eigenvalue weighted by Gasteiger charge is -2.36. The SMILES string of the molecule is CC[N+](CC)(CC)Cc1ccc(C(=O)N2CCCCC2=O)cc1. The zero-order valence-corrected chi connectivity index (χ0v) is 14.7. The predicted molar refractivity (Wildman–Crippen MR) is 91.9 cm³/mol. The molecule has 1 fully saturated rings. The Kier molecular flexibility index (Phi) is 5.94. The first-order valence-electron chi connectivity index (χ1n) is 8.84. The van der Waals surface area contributed by atoms with Crippen molar-refractivity contribution in [1.29, 1.82) is 0 Å². The third-order valence-corrected chi connectivity index (χ3v) is 5.30. The number of hydrogen-bond donors (Lipinski definition) is 0. The topological polar surface area (TPSA) is 37.4 Å². The summed E-state index contributed by atoms with van der Waals surface area (Å²) < 4.78 is 1.05. The van der Waals surface area contributed by atoms with Gasteiger partial charge in [-0.25, -0.2) is 0 Å². The second-order valence-corrected chi connectivity index (χ2v) is 6.45. The van der Waals surface area contributed by atoms with E-state index < -0.39 is 0 Å². The Morgan fingerprint density at radius 2 is 1.65 bits per heavy atom. The Bertz CT molecular complexity index is 539. The van der Waals surface area contributed by atoms with Gasteiger partial charge in [-0.15, -0.1) is 0 Å². The number of rotatable bonds is 6. The van der Waals surface area contributed by atoms with E-state index in [-0.39, 0.29) is 11.8 Å². The van der Waals surface area contributed by atoms with Crippen molar-refractivity contribution in [3.8, 4) is 0 Å². The zero-order chi connectivity index (χ0) is 16.9. The number of quaternary nitrogens is 1. The normalized spacial score (nSPS) is 15.8. The summed E-state index contributed by atoms with van der Waals surface area (Å²) in [5.41, 5.74) is 1.86. The molecule has 1 aliphatic rings. The van der Waals surface area contributed by atoms with E-state index in [0.29, 0.717) is 18.5 Å². The molecule has 0 bridgehead atoms. The van der Waals surface area contributed by atoms with Crippen LogP contribution in [0.5, 0.6) is 0 Å². The van der Waals surface area contributed by atoms with Crippen LogP contribution in [-0.4, -0.2) is 47.4 Å². The van der Waals surface area contributed by atoms with E-state index in [9.17, 15) is 9.59 Å². The van der Waals surface area contributed by atoms with E-state index in [1.807, 2.05) is 24.3 Å². The smallest absolute Gasteiger partial charge is 0.260 e. The third kappa shape index (κ3) is 3.99. The average molecular weight is 317 g/mol. The highest BCUT2D eigenvalue weighted by Gasteiger charge is 2.26. The molecule has 4 heteroatoms. The quantitative estimate of drug-likeness (QED) is 0.597. The van der Waals surface area contributed by atoms with Crippen LogP contribution in [0.2, 0.25) is 0 Å². The molecule has 0 aromatic heterocycles. The first-order valence-corrected chi connectivity index (χ1v) is 8.84. The number of carbonyl (C=O) groups excluding carboxylic acids is 2. The van der Waals surface area contributed by atoms with E-state index in [4.69, 9.17) is 0 Å². The fraction of sp³-hybridized carbons (Fsp3) is 0.579. The van der Waals surface area contributed by atoms with Crippen molar-refractivity contribution in [2.75, 3.05) is 26.2 Å². The van der Waals surface area contributed by atoms with Crippen LogP contribution in [0.25, 0.3) is 0 Å². The summed E-state index contributed by atoms with van der Waals surface area (Å²) in [7, 11) is 0. The molecule has 0 saturated carbocycles. The van der Waals surface area contributed by atoms with Crippen LogP contribution in [0.1, 0.15) is 56.0 Å². The maximum Gasteiger partial charge on any atom is 0.260 e. The molecule has 0 aliphatic carbocycles. The summed E-state index contributed by atoms with van der Waals surface area (Å²) in [6, 6.07) is 7.82. The lowest BCUT2D eigenvalue weighted by Crippen LogP contribution is -2.46. The van der Waals surface area contributed by atoms with E-state index in [1.165, 1.54) is 10.5 Å². The van der Waals surface area contributed by atoms with Gasteiger partial charge in [0.15, 0.2) is 0 Å². The molecule has 1 aromatic carbocycles. The zero-order valence-electron chi connectivity index (χ0n) is 14.7. The van der Waals surface area contributed by atoms with Gasteiger partial charge in [-0.1, -0.05) is 12.1 Å². The Labute approximate surface area is 139 Å². The third-order valence-electron chi connectivity index (χ3n) is 5.30. The van der Waals surface area contributed by atoms with Crippen LogP contribution >= 0.6 is 0 Å². The second kappa shape index (κ2) is 7.73. The summed E-state index contributed by atoms with van der Waals surface area (Å²) in [6.07, 6.45) is 2.30. The van der Waals surface area contributed by atoms with Crippen LogP contribution in [-0.2, 0) is 11.3 Å². The monoisotopic (exact) mass is 317 g/mol. The molecule has 1 saturated heterocycles. The molecule has 0 N–H and O–H groups in total. The first-order chi connectivity index (χ1) is 11.0. The lowest BCUT2D eigenvalue weighted by atomic mass is 10.1. The molecule has 0 spiro atoms.